The summed E-state index contributed by atoms with van der Waals surface area (Å²) in [4.78, 5) is 17.0. The van der Waals surface area contributed by atoms with E-state index in [1.807, 2.05) is 60.7 Å². The largest absolute Gasteiger partial charge is 0.366 e. The Morgan fingerprint density at radius 2 is 1.76 bits per heavy atom. The highest BCUT2D eigenvalue weighted by Gasteiger charge is 2.19. The molecular formula is C24H22ClN3O. The van der Waals surface area contributed by atoms with E-state index in [0.717, 1.165) is 40.9 Å². The molecule has 4 nitrogen and oxygen atoms in total. The number of carbonyl (C=O) groups excluding carboxylic acids is 1. The van der Waals surface area contributed by atoms with Crippen LogP contribution in [0, 0.1) is 0 Å². The number of aryl methyl sites for hydroxylation is 1. The Balaban J connectivity index is 1.97. The molecule has 4 rings (SSSR count). The Morgan fingerprint density at radius 1 is 1.03 bits per heavy atom. The number of amides is 1. The van der Waals surface area contributed by atoms with Crippen LogP contribution in [0.5, 0.6) is 0 Å². The van der Waals surface area contributed by atoms with E-state index >= 15 is 0 Å². The van der Waals surface area contributed by atoms with Crippen molar-refractivity contribution in [3.05, 3.63) is 88.7 Å². The molecule has 1 amide bonds. The second kappa shape index (κ2) is 8.10. The van der Waals surface area contributed by atoms with Crippen molar-refractivity contribution in [3.8, 4) is 11.1 Å². The van der Waals surface area contributed by atoms with Gasteiger partial charge in [0.1, 0.15) is 11.3 Å². The fourth-order valence-corrected chi connectivity index (χ4v) is 3.84. The smallest absolute Gasteiger partial charge is 0.250 e. The summed E-state index contributed by atoms with van der Waals surface area (Å²) < 4.78 is 2.15. The zero-order chi connectivity index (χ0) is 20.4. The van der Waals surface area contributed by atoms with Crippen molar-refractivity contribution in [3.63, 3.8) is 0 Å². The summed E-state index contributed by atoms with van der Waals surface area (Å²) >= 11 is 6.42. The van der Waals surface area contributed by atoms with E-state index in [0.29, 0.717) is 22.6 Å². The molecule has 0 unspecified atom stereocenters. The van der Waals surface area contributed by atoms with Crippen LogP contribution in [0.25, 0.3) is 22.2 Å². The number of carbonyl (C=O) groups is 1. The maximum atomic E-state index is 12.2. The molecule has 29 heavy (non-hydrogen) atoms. The molecule has 2 N–H and O–H groups in total. The van der Waals surface area contributed by atoms with Crippen LogP contribution in [0.3, 0.4) is 0 Å². The minimum absolute atomic E-state index is 0.441. The zero-order valence-corrected chi connectivity index (χ0v) is 17.0. The van der Waals surface area contributed by atoms with E-state index in [-0.39, 0.29) is 0 Å². The Morgan fingerprint density at radius 3 is 2.45 bits per heavy atom. The fraction of sp³-hybridized carbons (Fsp3) is 0.167. The lowest BCUT2D eigenvalue weighted by molar-refractivity contribution is 0.100. The SMILES string of the molecule is CCCc1nc2c(C(N)=O)cc(-c3ccccc3)cc2n1Cc1ccccc1Cl. The van der Waals surface area contributed by atoms with Gasteiger partial charge in [-0.15, -0.1) is 0 Å². The van der Waals surface area contributed by atoms with Gasteiger partial charge in [0.15, 0.2) is 0 Å². The third-order valence-corrected chi connectivity index (χ3v) is 5.43. The van der Waals surface area contributed by atoms with E-state index in [4.69, 9.17) is 22.3 Å². The molecule has 0 saturated carbocycles. The van der Waals surface area contributed by atoms with Gasteiger partial charge in [-0.2, -0.15) is 0 Å². The molecule has 3 aromatic carbocycles. The van der Waals surface area contributed by atoms with Gasteiger partial charge < -0.3 is 10.3 Å². The fourth-order valence-electron chi connectivity index (χ4n) is 3.64. The van der Waals surface area contributed by atoms with Gasteiger partial charge in [0, 0.05) is 11.4 Å². The monoisotopic (exact) mass is 403 g/mol. The van der Waals surface area contributed by atoms with Crippen molar-refractivity contribution in [2.75, 3.05) is 0 Å². The molecule has 0 bridgehead atoms. The van der Waals surface area contributed by atoms with Crippen molar-refractivity contribution >= 4 is 28.5 Å². The summed E-state index contributed by atoms with van der Waals surface area (Å²) in [7, 11) is 0. The molecule has 5 heteroatoms. The van der Waals surface area contributed by atoms with Crippen LogP contribution in [-0.2, 0) is 13.0 Å². The van der Waals surface area contributed by atoms with Crippen LogP contribution in [0.4, 0.5) is 0 Å². The van der Waals surface area contributed by atoms with Gasteiger partial charge in [-0.3, -0.25) is 4.79 Å². The van der Waals surface area contributed by atoms with Crippen LogP contribution in [0.15, 0.2) is 66.7 Å². The van der Waals surface area contributed by atoms with Gasteiger partial charge in [0.2, 0.25) is 0 Å². The average molecular weight is 404 g/mol. The third-order valence-electron chi connectivity index (χ3n) is 5.07. The van der Waals surface area contributed by atoms with E-state index < -0.39 is 5.91 Å². The third kappa shape index (κ3) is 3.76. The number of fused-ring (bicyclic) bond motifs is 1. The summed E-state index contributed by atoms with van der Waals surface area (Å²) in [6.07, 6.45) is 1.75. The Bertz CT molecular complexity index is 1180. The van der Waals surface area contributed by atoms with Crippen molar-refractivity contribution in [1.82, 2.24) is 9.55 Å². The molecule has 1 aromatic heterocycles. The molecule has 1 heterocycles. The van der Waals surface area contributed by atoms with Gasteiger partial charge in [-0.05, 0) is 41.3 Å². The summed E-state index contributed by atoms with van der Waals surface area (Å²) in [5, 5.41) is 0.714. The number of hydrogen-bond acceptors (Lipinski definition) is 2. The zero-order valence-electron chi connectivity index (χ0n) is 16.2. The standard InChI is InChI=1S/C24H22ClN3O/c1-2-8-22-27-23-19(24(26)29)13-18(16-9-4-3-5-10-16)14-21(23)28(22)15-17-11-6-7-12-20(17)25/h3-7,9-14H,2,8,15H2,1H3,(H2,26,29). The number of rotatable bonds is 6. The lowest BCUT2D eigenvalue weighted by atomic mass is 10.0. The van der Waals surface area contributed by atoms with Crippen LogP contribution < -0.4 is 5.73 Å². The number of halogens is 1. The Hall–Kier alpha value is -3.11. The minimum atomic E-state index is -0.474. The van der Waals surface area contributed by atoms with Crippen LogP contribution in [0.2, 0.25) is 5.02 Å². The molecule has 0 aliphatic heterocycles. The highest BCUT2D eigenvalue weighted by molar-refractivity contribution is 6.31. The minimum Gasteiger partial charge on any atom is -0.366 e. The molecule has 0 fully saturated rings. The molecule has 4 aromatic rings. The van der Waals surface area contributed by atoms with Gasteiger partial charge in [0.25, 0.3) is 5.91 Å². The van der Waals surface area contributed by atoms with Crippen molar-refractivity contribution in [2.45, 2.75) is 26.3 Å². The van der Waals surface area contributed by atoms with Crippen molar-refractivity contribution < 1.29 is 4.79 Å². The number of imidazole rings is 1. The molecule has 0 aliphatic carbocycles. The summed E-state index contributed by atoms with van der Waals surface area (Å²) in [5.41, 5.74) is 10.7. The van der Waals surface area contributed by atoms with E-state index in [1.165, 1.54) is 0 Å². The van der Waals surface area contributed by atoms with Crippen molar-refractivity contribution in [1.29, 1.82) is 0 Å². The number of hydrogen-bond donors (Lipinski definition) is 1. The van der Waals surface area contributed by atoms with Gasteiger partial charge in [0.05, 0.1) is 17.6 Å². The molecule has 0 spiro atoms. The van der Waals surface area contributed by atoms with Gasteiger partial charge in [-0.25, -0.2) is 4.98 Å². The first-order valence-electron chi connectivity index (χ1n) is 9.70. The molecule has 0 aliphatic rings. The van der Waals surface area contributed by atoms with Crippen molar-refractivity contribution in [2.24, 2.45) is 5.73 Å². The predicted molar refractivity (Wildman–Crippen MR) is 118 cm³/mol. The first-order chi connectivity index (χ1) is 14.1. The summed E-state index contributed by atoms with van der Waals surface area (Å²) in [5.74, 6) is 0.452. The lowest BCUT2D eigenvalue weighted by Crippen LogP contribution is -2.12. The van der Waals surface area contributed by atoms with Crippen LogP contribution in [0.1, 0.15) is 35.1 Å². The molecular weight excluding hydrogens is 382 g/mol. The highest BCUT2D eigenvalue weighted by atomic mass is 35.5. The maximum absolute atomic E-state index is 12.2. The van der Waals surface area contributed by atoms with Crippen LogP contribution >= 0.6 is 11.6 Å². The average Bonchev–Trinajstić information content (AvgIpc) is 3.07. The number of benzene rings is 3. The molecule has 146 valence electrons. The highest BCUT2D eigenvalue weighted by Crippen LogP contribution is 2.30. The van der Waals surface area contributed by atoms with Crippen LogP contribution in [-0.4, -0.2) is 15.5 Å². The number of nitrogens with zero attached hydrogens (tertiary/aromatic N) is 2. The van der Waals surface area contributed by atoms with E-state index in [1.54, 1.807) is 0 Å². The number of primary amides is 1. The predicted octanol–water partition coefficient (Wildman–Crippen LogP) is 5.46. The molecule has 0 saturated heterocycles. The topological polar surface area (TPSA) is 60.9 Å². The van der Waals surface area contributed by atoms with Gasteiger partial charge in [-0.1, -0.05) is 67.1 Å². The number of nitrogens with two attached hydrogens (primary N) is 1. The lowest BCUT2D eigenvalue weighted by Gasteiger charge is -2.12. The summed E-state index contributed by atoms with van der Waals surface area (Å²) in [6, 6.07) is 21.7. The molecule has 0 radical (unpaired) electrons. The first-order valence-corrected chi connectivity index (χ1v) is 10.1. The second-order valence-electron chi connectivity index (χ2n) is 7.08. The van der Waals surface area contributed by atoms with E-state index in [2.05, 4.69) is 17.6 Å². The Labute approximate surface area is 174 Å². The quantitative estimate of drug-likeness (QED) is 0.465. The normalized spacial score (nSPS) is 11.1. The maximum Gasteiger partial charge on any atom is 0.250 e. The first kappa shape index (κ1) is 19.2. The second-order valence-corrected chi connectivity index (χ2v) is 7.48. The van der Waals surface area contributed by atoms with E-state index in [9.17, 15) is 4.79 Å². The number of aromatic nitrogens is 2. The molecule has 0 atom stereocenters. The van der Waals surface area contributed by atoms with Gasteiger partial charge >= 0.3 is 0 Å². The Kier molecular flexibility index (Phi) is 5.36. The summed E-state index contributed by atoms with van der Waals surface area (Å²) in [6.45, 7) is 2.70.